The molecule has 0 radical (unpaired) electrons. The van der Waals surface area contributed by atoms with E-state index in [2.05, 4.69) is 20.1 Å². The summed E-state index contributed by atoms with van der Waals surface area (Å²) in [5.74, 6) is -3.67. The van der Waals surface area contributed by atoms with E-state index in [0.717, 1.165) is 31.3 Å². The molecule has 1 aliphatic heterocycles. The van der Waals surface area contributed by atoms with Crippen molar-refractivity contribution < 1.29 is 48.0 Å². The van der Waals surface area contributed by atoms with E-state index in [1.54, 1.807) is 18.2 Å². The molecule has 0 unspecified atom stereocenters. The Hall–Kier alpha value is -3.50. The van der Waals surface area contributed by atoms with E-state index in [-0.39, 0.29) is 12.0 Å². The van der Waals surface area contributed by atoms with Gasteiger partial charge in [-0.25, -0.2) is 4.79 Å². The molecule has 1 heterocycles. The normalized spacial score (nSPS) is 33.5. The van der Waals surface area contributed by atoms with Crippen LogP contribution < -0.4 is 0 Å². The Kier molecular flexibility index (Phi) is 12.7. The summed E-state index contributed by atoms with van der Waals surface area (Å²) in [5, 5.41) is 11.2. The maximum absolute atomic E-state index is 13.4. The number of aliphatic hydroxyl groups excluding tert-OH is 1. The smallest absolute Gasteiger partial charge is 0.331 e. The number of aliphatic hydroxyl groups is 1. The second kappa shape index (κ2) is 15.9. The summed E-state index contributed by atoms with van der Waals surface area (Å²) in [5.41, 5.74) is -1.15. The summed E-state index contributed by atoms with van der Waals surface area (Å²) in [6.45, 7) is 17.6. The van der Waals surface area contributed by atoms with Gasteiger partial charge in [0.25, 0.3) is 0 Å². The van der Waals surface area contributed by atoms with Crippen molar-refractivity contribution >= 4 is 23.9 Å². The van der Waals surface area contributed by atoms with Gasteiger partial charge in [-0.1, -0.05) is 76.6 Å². The van der Waals surface area contributed by atoms with E-state index >= 15 is 0 Å². The van der Waals surface area contributed by atoms with Gasteiger partial charge in [-0.3, -0.25) is 19.1 Å². The topological polar surface area (TPSA) is 135 Å². The molecule has 3 aliphatic rings. The van der Waals surface area contributed by atoms with Crippen LogP contribution in [-0.2, 0) is 42.9 Å². The van der Waals surface area contributed by atoms with Crippen LogP contribution >= 0.6 is 0 Å². The third-order valence-electron chi connectivity index (χ3n) is 9.73. The van der Waals surface area contributed by atoms with Crippen molar-refractivity contribution in [3.05, 3.63) is 60.8 Å². The fraction of sp³-hybridized carbons (Fsp3) is 0.611. The van der Waals surface area contributed by atoms with Gasteiger partial charge in [0.1, 0.15) is 11.5 Å². The highest BCUT2D eigenvalue weighted by atomic mass is 16.8. The lowest BCUT2D eigenvalue weighted by molar-refractivity contribution is -0.279. The molecule has 10 heteroatoms. The fourth-order valence-corrected chi connectivity index (χ4v) is 7.43. The number of ether oxygens (including phenoxy) is 5. The van der Waals surface area contributed by atoms with Crippen LogP contribution in [0.2, 0.25) is 0 Å². The molecule has 3 rings (SSSR count). The second-order valence-electron chi connectivity index (χ2n) is 12.8. The highest BCUT2D eigenvalue weighted by Gasteiger charge is 2.75. The van der Waals surface area contributed by atoms with Gasteiger partial charge >= 0.3 is 23.9 Å². The van der Waals surface area contributed by atoms with Crippen LogP contribution in [0.4, 0.5) is 0 Å². The predicted molar refractivity (Wildman–Crippen MR) is 171 cm³/mol. The van der Waals surface area contributed by atoms with Crippen LogP contribution in [0.15, 0.2) is 60.8 Å². The molecule has 10 nitrogen and oxygen atoms in total. The molecule has 2 aliphatic carbocycles. The lowest BCUT2D eigenvalue weighted by Crippen LogP contribution is -2.69. The van der Waals surface area contributed by atoms with Crippen LogP contribution in [0, 0.1) is 22.7 Å². The number of esters is 4. The minimum atomic E-state index is -1.48. The lowest BCUT2D eigenvalue weighted by atomic mass is 9.44. The van der Waals surface area contributed by atoms with Crippen molar-refractivity contribution in [2.45, 2.75) is 117 Å². The summed E-state index contributed by atoms with van der Waals surface area (Å²) in [4.78, 5) is 50.9. The van der Waals surface area contributed by atoms with Crippen molar-refractivity contribution in [1.29, 1.82) is 0 Å². The zero-order valence-corrected chi connectivity index (χ0v) is 28.0. The van der Waals surface area contributed by atoms with Crippen molar-refractivity contribution in [2.24, 2.45) is 22.7 Å². The number of hydrogen-bond donors (Lipinski definition) is 1. The van der Waals surface area contributed by atoms with Gasteiger partial charge in [0.05, 0.1) is 6.10 Å². The zero-order valence-electron chi connectivity index (χ0n) is 28.0. The summed E-state index contributed by atoms with van der Waals surface area (Å²) in [6, 6.07) is 0. The van der Waals surface area contributed by atoms with E-state index in [1.165, 1.54) is 32.9 Å². The number of hydrogen-bond acceptors (Lipinski definition) is 10. The molecule has 0 aromatic carbocycles. The minimum absolute atomic E-state index is 0.181. The highest BCUT2D eigenvalue weighted by molar-refractivity contribution is 5.82. The molecule has 1 saturated heterocycles. The van der Waals surface area contributed by atoms with Crippen LogP contribution in [-0.4, -0.2) is 59.9 Å². The van der Waals surface area contributed by atoms with Crippen LogP contribution in [0.5, 0.6) is 0 Å². The largest absolute Gasteiger partial charge is 0.457 e. The number of unbranched alkanes of at least 4 members (excludes halogenated alkanes) is 3. The molecule has 0 aromatic heterocycles. The second-order valence-corrected chi connectivity index (χ2v) is 12.8. The van der Waals surface area contributed by atoms with Gasteiger partial charge in [0.15, 0.2) is 6.10 Å². The Balaban J connectivity index is 2.21. The SMILES string of the molecule is C=CC(=C)CC[C@]1(C)[C@H](C)[C@@H](OC(=O)/C=C/C=C/CCCCC)[C@H](OC(C)=O)[C@@]23C(=C[C@H](O)C[C@@H]12)[C@@H](OC(C)=O)O[C@@H]3OC(C)=O. The van der Waals surface area contributed by atoms with E-state index in [1.807, 2.05) is 19.9 Å². The fourth-order valence-electron chi connectivity index (χ4n) is 7.43. The van der Waals surface area contributed by atoms with Crippen LogP contribution in [0.25, 0.3) is 0 Å². The molecular formula is C36H50O10. The van der Waals surface area contributed by atoms with Gasteiger partial charge in [-0.15, -0.1) is 0 Å². The van der Waals surface area contributed by atoms with Crippen LogP contribution in [0.1, 0.15) is 86.5 Å². The minimum Gasteiger partial charge on any atom is -0.457 e. The maximum atomic E-state index is 13.4. The third kappa shape index (κ3) is 7.89. The molecule has 1 spiro atoms. The lowest BCUT2D eigenvalue weighted by Gasteiger charge is -2.62. The van der Waals surface area contributed by atoms with Crippen molar-refractivity contribution in [3.63, 3.8) is 0 Å². The van der Waals surface area contributed by atoms with Crippen molar-refractivity contribution in [2.75, 3.05) is 0 Å². The molecular weight excluding hydrogens is 592 g/mol. The molecule has 0 bridgehead atoms. The quantitative estimate of drug-likeness (QED) is 0.0618. The first-order valence-electron chi connectivity index (χ1n) is 16.1. The van der Waals surface area contributed by atoms with E-state index in [9.17, 15) is 24.3 Å². The maximum Gasteiger partial charge on any atom is 0.331 e. The van der Waals surface area contributed by atoms with Gasteiger partial charge in [0, 0.05) is 38.3 Å². The van der Waals surface area contributed by atoms with E-state index < -0.39 is 77.4 Å². The Labute approximate surface area is 272 Å². The molecule has 46 heavy (non-hydrogen) atoms. The third-order valence-corrected chi connectivity index (χ3v) is 9.73. The number of allylic oxidation sites excluding steroid dienone is 5. The first-order chi connectivity index (χ1) is 21.7. The molecule has 1 saturated carbocycles. The molecule has 0 aromatic rings. The van der Waals surface area contributed by atoms with Gasteiger partial charge in [0.2, 0.25) is 12.6 Å². The Bertz CT molecular complexity index is 1260. The van der Waals surface area contributed by atoms with Crippen molar-refractivity contribution in [1.82, 2.24) is 0 Å². The van der Waals surface area contributed by atoms with Gasteiger partial charge in [-0.05, 0) is 49.5 Å². The Morgan fingerprint density at radius 1 is 1.04 bits per heavy atom. The molecule has 1 N–H and O–H groups in total. The standard InChI is InChI=1S/C36H50O10/c1-9-11-12-13-14-15-16-17-30(41)45-31-23(4)35(8,19-18-22(3)10-2)29-21-27(40)20-28-33(43-25(6)38)46-34(44-26(7)39)36(28,29)32(31)42-24(5)37/h10,14-17,20,23,27,29,31-34,40H,2-3,9,11-13,18-19,21H2,1,4-8H3/b15-14+,17-16+/t23-,27+,29+,31-,32+,33+,34+,35-,36-/m1/s1. The summed E-state index contributed by atoms with van der Waals surface area (Å²) < 4.78 is 29.7. The molecule has 0 amide bonds. The van der Waals surface area contributed by atoms with Crippen LogP contribution in [0.3, 0.4) is 0 Å². The first-order valence-corrected chi connectivity index (χ1v) is 16.1. The number of carbonyl (C=O) groups excluding carboxylic acids is 4. The summed E-state index contributed by atoms with van der Waals surface area (Å²) in [6.07, 6.45) is 9.25. The Morgan fingerprint density at radius 3 is 2.33 bits per heavy atom. The Morgan fingerprint density at radius 2 is 1.72 bits per heavy atom. The first kappa shape index (κ1) is 37.0. The molecule has 254 valence electrons. The van der Waals surface area contributed by atoms with Gasteiger partial charge < -0.3 is 24.1 Å². The van der Waals surface area contributed by atoms with E-state index in [4.69, 9.17) is 23.7 Å². The van der Waals surface area contributed by atoms with Gasteiger partial charge in [-0.2, -0.15) is 0 Å². The highest BCUT2D eigenvalue weighted by Crippen LogP contribution is 2.68. The predicted octanol–water partition coefficient (Wildman–Crippen LogP) is 5.80. The van der Waals surface area contributed by atoms with E-state index in [0.29, 0.717) is 12.8 Å². The number of carbonyl (C=O) groups is 4. The average molecular weight is 643 g/mol. The molecule has 2 fully saturated rings. The zero-order chi connectivity index (χ0) is 34.2. The average Bonchev–Trinajstić information content (AvgIpc) is 3.26. The molecule has 9 atom stereocenters. The monoisotopic (exact) mass is 642 g/mol. The van der Waals surface area contributed by atoms with Crippen molar-refractivity contribution in [3.8, 4) is 0 Å². The summed E-state index contributed by atoms with van der Waals surface area (Å²) >= 11 is 0. The summed E-state index contributed by atoms with van der Waals surface area (Å²) in [7, 11) is 0. The number of rotatable bonds is 14.